The van der Waals surface area contributed by atoms with Gasteiger partial charge in [0.25, 0.3) is 0 Å². The molecular weight excluding hydrogens is 309 g/mol. The van der Waals surface area contributed by atoms with Crippen molar-refractivity contribution in [1.82, 2.24) is 4.72 Å². The van der Waals surface area contributed by atoms with Crippen LogP contribution < -0.4 is 4.72 Å². The number of hydrogen-bond donors (Lipinski definition) is 1. The van der Waals surface area contributed by atoms with E-state index < -0.39 is 30.2 Å². The first-order chi connectivity index (χ1) is 9.31. The Morgan fingerprint density at radius 1 is 1.30 bits per heavy atom. The van der Waals surface area contributed by atoms with E-state index in [9.17, 15) is 17.8 Å². The summed E-state index contributed by atoms with van der Waals surface area (Å²) in [5, 5.41) is 0. The molecule has 0 fully saturated rings. The van der Waals surface area contributed by atoms with Gasteiger partial charge in [-0.1, -0.05) is 18.1 Å². The van der Waals surface area contributed by atoms with E-state index >= 15 is 0 Å². The van der Waals surface area contributed by atoms with E-state index in [2.05, 4.69) is 26.4 Å². The van der Waals surface area contributed by atoms with Gasteiger partial charge in [-0.25, -0.2) is 13.5 Å². The van der Waals surface area contributed by atoms with E-state index in [1.54, 1.807) is 0 Å². The van der Waals surface area contributed by atoms with E-state index in [0.717, 1.165) is 0 Å². The summed E-state index contributed by atoms with van der Waals surface area (Å²) in [5.41, 5.74) is -1.50. The van der Waals surface area contributed by atoms with Crippen molar-refractivity contribution in [2.24, 2.45) is 0 Å². The minimum Gasteiger partial charge on any atom is -0.298 e. The maximum atomic E-state index is 12.1. The van der Waals surface area contributed by atoms with Crippen LogP contribution in [0.2, 0.25) is 0 Å². The number of rotatable bonds is 10. The molecule has 0 radical (unpaired) electrons. The highest BCUT2D eigenvalue weighted by Crippen LogP contribution is 2.48. The monoisotopic (exact) mass is 323 g/mol. The van der Waals surface area contributed by atoms with Crippen LogP contribution >= 0.6 is 7.60 Å². The highest BCUT2D eigenvalue weighted by Gasteiger charge is 2.37. The number of terminal acetylenes is 1. The van der Waals surface area contributed by atoms with Crippen LogP contribution in [-0.2, 0) is 28.1 Å². The Hall–Kier alpha value is -1.43. The third-order valence-electron chi connectivity index (χ3n) is 1.48. The van der Waals surface area contributed by atoms with Gasteiger partial charge in [-0.2, -0.15) is 8.42 Å². The minimum absolute atomic E-state index is 0.285. The summed E-state index contributed by atoms with van der Waals surface area (Å²) in [5.74, 6) is 1.89. The molecule has 0 atom stereocenters. The Kier molecular flexibility index (Phi) is 8.06. The van der Waals surface area contributed by atoms with E-state index in [1.165, 1.54) is 16.9 Å². The molecular formula is C10H14NO7PS. The molecule has 0 aliphatic carbocycles. The molecule has 0 spiro atoms. The van der Waals surface area contributed by atoms with Gasteiger partial charge in [0.1, 0.15) is 6.61 Å². The van der Waals surface area contributed by atoms with Gasteiger partial charge in [-0.3, -0.25) is 13.8 Å². The molecule has 1 N–H and O–H groups in total. The lowest BCUT2D eigenvalue weighted by Crippen LogP contribution is -2.32. The van der Waals surface area contributed by atoms with Gasteiger partial charge in [-0.05, 0) is 0 Å². The van der Waals surface area contributed by atoms with Crippen molar-refractivity contribution in [2.45, 2.75) is 0 Å². The number of carbonyl (C=O) groups is 1. The molecule has 0 heterocycles. The van der Waals surface area contributed by atoms with E-state index in [1.807, 2.05) is 5.92 Å². The lowest BCUT2D eigenvalue weighted by atomic mass is 10.7. The second kappa shape index (κ2) is 8.68. The van der Waals surface area contributed by atoms with Gasteiger partial charge < -0.3 is 0 Å². The first kappa shape index (κ1) is 18.6. The van der Waals surface area contributed by atoms with Crippen LogP contribution in [0.25, 0.3) is 0 Å². The van der Waals surface area contributed by atoms with Crippen molar-refractivity contribution < 1.29 is 31.0 Å². The van der Waals surface area contributed by atoms with Gasteiger partial charge >= 0.3 is 23.5 Å². The molecule has 0 aliphatic heterocycles. The molecule has 0 aromatic heterocycles. The molecule has 0 rings (SSSR count). The summed E-state index contributed by atoms with van der Waals surface area (Å²) in [6, 6.07) is 0. The second-order valence-electron chi connectivity index (χ2n) is 2.99. The van der Waals surface area contributed by atoms with Crippen molar-refractivity contribution >= 4 is 23.5 Å². The quantitative estimate of drug-likeness (QED) is 0.365. The number of hydrogen-bond acceptors (Lipinski definition) is 7. The Morgan fingerprint density at radius 3 is 2.20 bits per heavy atom. The molecule has 0 saturated heterocycles. The minimum atomic E-state index is -4.50. The SMILES string of the molecule is C#CCOS(=O)(=O)NC(=O)P(=O)(OCC=C)OCC=C. The van der Waals surface area contributed by atoms with Crippen molar-refractivity contribution in [3.8, 4) is 12.3 Å². The number of carbonyl (C=O) groups excluding carboxylic acids is 1. The molecule has 0 bridgehead atoms. The normalized spacial score (nSPS) is 11.3. The Labute approximate surface area is 117 Å². The molecule has 1 amide bonds. The Bertz CT molecular complexity index is 532. The van der Waals surface area contributed by atoms with Gasteiger partial charge in [0.05, 0.1) is 13.2 Å². The zero-order valence-electron chi connectivity index (χ0n) is 10.5. The summed E-state index contributed by atoms with van der Waals surface area (Å²) in [6.07, 6.45) is 7.22. The van der Waals surface area contributed by atoms with Crippen LogP contribution in [0.4, 0.5) is 4.79 Å². The summed E-state index contributed by atoms with van der Waals surface area (Å²) < 4.78 is 49.6. The average Bonchev–Trinajstić information content (AvgIpc) is 2.40. The predicted molar refractivity (Wildman–Crippen MR) is 72.1 cm³/mol. The molecule has 8 nitrogen and oxygen atoms in total. The zero-order valence-corrected chi connectivity index (χ0v) is 12.2. The fourth-order valence-electron chi connectivity index (χ4n) is 0.760. The second-order valence-corrected chi connectivity index (χ2v) is 6.26. The topological polar surface area (TPSA) is 108 Å². The number of amides is 1. The molecule has 0 aromatic rings. The first-order valence-electron chi connectivity index (χ1n) is 5.07. The smallest absolute Gasteiger partial charge is 0.298 e. The maximum absolute atomic E-state index is 12.1. The average molecular weight is 323 g/mol. The zero-order chi connectivity index (χ0) is 15.6. The van der Waals surface area contributed by atoms with Gasteiger partial charge in [0.2, 0.25) is 0 Å². The molecule has 0 aliphatic rings. The Morgan fingerprint density at radius 2 is 1.80 bits per heavy atom. The predicted octanol–water partition coefficient (Wildman–Crippen LogP) is 1.19. The molecule has 0 aromatic carbocycles. The fraction of sp³-hybridized carbons (Fsp3) is 0.300. The summed E-state index contributed by atoms with van der Waals surface area (Å²) in [7, 11) is -8.88. The van der Waals surface area contributed by atoms with Crippen LogP contribution in [0.1, 0.15) is 0 Å². The molecule has 0 unspecified atom stereocenters. The van der Waals surface area contributed by atoms with Crippen molar-refractivity contribution in [2.75, 3.05) is 19.8 Å². The lowest BCUT2D eigenvalue weighted by molar-refractivity contribution is 0.219. The van der Waals surface area contributed by atoms with Crippen molar-refractivity contribution in [1.29, 1.82) is 0 Å². The molecule has 112 valence electrons. The van der Waals surface area contributed by atoms with Crippen molar-refractivity contribution in [3.05, 3.63) is 25.3 Å². The highest BCUT2D eigenvalue weighted by molar-refractivity contribution is 7.87. The fourth-order valence-corrected chi connectivity index (χ4v) is 2.95. The number of nitrogens with one attached hydrogen (secondary N) is 1. The van der Waals surface area contributed by atoms with Gasteiger partial charge in [0.15, 0.2) is 0 Å². The maximum Gasteiger partial charge on any atom is 0.419 e. The van der Waals surface area contributed by atoms with E-state index in [0.29, 0.717) is 0 Å². The third kappa shape index (κ3) is 6.65. The summed E-state index contributed by atoms with van der Waals surface area (Å²) in [4.78, 5) is 11.7. The van der Waals surface area contributed by atoms with Crippen LogP contribution in [0.3, 0.4) is 0 Å². The first-order valence-corrected chi connectivity index (χ1v) is 8.02. The Balaban J connectivity index is 4.96. The van der Waals surface area contributed by atoms with Crippen LogP contribution in [0.15, 0.2) is 25.3 Å². The largest absolute Gasteiger partial charge is 0.419 e. The third-order valence-corrected chi connectivity index (χ3v) is 4.09. The van der Waals surface area contributed by atoms with E-state index in [4.69, 9.17) is 6.42 Å². The molecule has 0 saturated carbocycles. The lowest BCUT2D eigenvalue weighted by Gasteiger charge is -2.15. The molecule has 20 heavy (non-hydrogen) atoms. The summed E-state index contributed by atoms with van der Waals surface area (Å²) >= 11 is 0. The van der Waals surface area contributed by atoms with Gasteiger partial charge in [-0.15, -0.1) is 19.6 Å². The van der Waals surface area contributed by atoms with Gasteiger partial charge in [0, 0.05) is 0 Å². The van der Waals surface area contributed by atoms with Crippen molar-refractivity contribution in [3.63, 3.8) is 0 Å². The standard InChI is InChI=1S/C10H14NO7PS/c1-4-7-16-19(13,17-8-5-2)10(12)11-20(14,15)18-9-6-3/h3-5H,1-2,7-9H2,(H,11,12). The molecule has 10 heteroatoms. The van der Waals surface area contributed by atoms with E-state index in [-0.39, 0.29) is 13.2 Å². The highest BCUT2D eigenvalue weighted by atomic mass is 32.2. The van der Waals surface area contributed by atoms with Crippen LogP contribution in [0, 0.1) is 12.3 Å². The van der Waals surface area contributed by atoms with Crippen LogP contribution in [-0.4, -0.2) is 33.9 Å². The summed E-state index contributed by atoms with van der Waals surface area (Å²) in [6.45, 7) is 5.44. The van der Waals surface area contributed by atoms with Crippen LogP contribution in [0.5, 0.6) is 0 Å².